The Morgan fingerprint density at radius 2 is 2.20 bits per heavy atom. The molecule has 82 valence electrons. The lowest BCUT2D eigenvalue weighted by atomic mass is 10.2. The van der Waals surface area contributed by atoms with Gasteiger partial charge in [-0.15, -0.1) is 0 Å². The number of nitrogens with one attached hydrogen (secondary N) is 1. The van der Waals surface area contributed by atoms with Gasteiger partial charge in [0.1, 0.15) is 5.82 Å². The molecule has 3 nitrogen and oxygen atoms in total. The third kappa shape index (κ3) is 2.94. The van der Waals surface area contributed by atoms with Crippen LogP contribution in [0.5, 0.6) is 0 Å². The molecule has 1 rings (SSSR count). The highest BCUT2D eigenvalue weighted by Crippen LogP contribution is 2.16. The molecular formula is C11H15FN2O. The van der Waals surface area contributed by atoms with Gasteiger partial charge in [-0.2, -0.15) is 0 Å². The second-order valence-corrected chi connectivity index (χ2v) is 3.40. The summed E-state index contributed by atoms with van der Waals surface area (Å²) >= 11 is 0. The first-order chi connectivity index (χ1) is 7.04. The van der Waals surface area contributed by atoms with Gasteiger partial charge in [0.25, 0.3) is 0 Å². The minimum Gasteiger partial charge on any atom is -0.328 e. The molecule has 0 bridgehead atoms. The minimum atomic E-state index is -0.352. The molecule has 0 fully saturated rings. The Hall–Kier alpha value is -1.58. The molecule has 0 aliphatic rings. The van der Waals surface area contributed by atoms with Crippen LogP contribution in [0.3, 0.4) is 0 Å². The van der Waals surface area contributed by atoms with E-state index in [1.165, 1.54) is 17.0 Å². The maximum Gasteiger partial charge on any atom is 0.321 e. The van der Waals surface area contributed by atoms with Crippen LogP contribution in [0.15, 0.2) is 18.2 Å². The van der Waals surface area contributed by atoms with E-state index in [0.29, 0.717) is 12.2 Å². The van der Waals surface area contributed by atoms with Crippen molar-refractivity contribution in [3.63, 3.8) is 0 Å². The molecule has 1 aromatic carbocycles. The van der Waals surface area contributed by atoms with E-state index in [1.807, 2.05) is 13.8 Å². The van der Waals surface area contributed by atoms with Gasteiger partial charge in [-0.3, -0.25) is 0 Å². The molecule has 1 aromatic rings. The second kappa shape index (κ2) is 4.77. The van der Waals surface area contributed by atoms with Crippen LogP contribution >= 0.6 is 0 Å². The largest absolute Gasteiger partial charge is 0.328 e. The molecule has 4 heteroatoms. The zero-order valence-corrected chi connectivity index (χ0v) is 9.17. The number of urea groups is 1. The summed E-state index contributed by atoms with van der Waals surface area (Å²) in [6.45, 7) is 4.30. The van der Waals surface area contributed by atoms with Crippen LogP contribution in [0.1, 0.15) is 12.5 Å². The molecule has 15 heavy (non-hydrogen) atoms. The van der Waals surface area contributed by atoms with Gasteiger partial charge in [0, 0.05) is 19.3 Å². The molecule has 0 aliphatic heterocycles. The molecular weight excluding hydrogens is 195 g/mol. The van der Waals surface area contributed by atoms with Crippen LogP contribution < -0.4 is 5.32 Å². The van der Waals surface area contributed by atoms with Crippen molar-refractivity contribution in [3.8, 4) is 0 Å². The van der Waals surface area contributed by atoms with Crippen molar-refractivity contribution < 1.29 is 9.18 Å². The van der Waals surface area contributed by atoms with Crippen molar-refractivity contribution >= 4 is 11.7 Å². The Balaban J connectivity index is 2.80. The molecule has 2 amide bonds. The number of aryl methyl sites for hydroxylation is 1. The van der Waals surface area contributed by atoms with Crippen molar-refractivity contribution in [1.82, 2.24) is 4.90 Å². The third-order valence-corrected chi connectivity index (χ3v) is 2.26. The number of carbonyl (C=O) groups excluding carboxylic acids is 1. The number of benzene rings is 1. The predicted molar refractivity (Wildman–Crippen MR) is 58.5 cm³/mol. The highest BCUT2D eigenvalue weighted by molar-refractivity contribution is 5.89. The van der Waals surface area contributed by atoms with Gasteiger partial charge >= 0.3 is 6.03 Å². The van der Waals surface area contributed by atoms with Crippen LogP contribution in [0.4, 0.5) is 14.9 Å². The number of nitrogens with zero attached hydrogens (tertiary/aromatic N) is 1. The van der Waals surface area contributed by atoms with Gasteiger partial charge in [-0.05, 0) is 31.5 Å². The number of halogens is 1. The van der Waals surface area contributed by atoms with Crippen molar-refractivity contribution in [2.45, 2.75) is 13.8 Å². The van der Waals surface area contributed by atoms with Gasteiger partial charge in [0.2, 0.25) is 0 Å². The summed E-state index contributed by atoms with van der Waals surface area (Å²) in [6.07, 6.45) is 0. The smallest absolute Gasteiger partial charge is 0.321 e. The van der Waals surface area contributed by atoms with E-state index in [0.717, 1.165) is 5.56 Å². The van der Waals surface area contributed by atoms with Gasteiger partial charge in [0.05, 0.1) is 0 Å². The van der Waals surface area contributed by atoms with E-state index < -0.39 is 0 Å². The standard InChI is InChI=1S/C11H15FN2O/c1-4-14(3)11(15)13-10-7-9(12)6-5-8(10)2/h5-7H,4H2,1-3H3,(H,13,15). The van der Waals surface area contributed by atoms with Crippen LogP contribution in [-0.2, 0) is 0 Å². The fourth-order valence-corrected chi connectivity index (χ4v) is 1.08. The molecule has 0 aromatic heterocycles. The Morgan fingerprint density at radius 3 is 2.80 bits per heavy atom. The van der Waals surface area contributed by atoms with Crippen molar-refractivity contribution in [2.75, 3.05) is 18.9 Å². The Kier molecular flexibility index (Phi) is 3.66. The number of carbonyl (C=O) groups is 1. The summed E-state index contributed by atoms with van der Waals surface area (Å²) < 4.78 is 12.9. The fourth-order valence-electron chi connectivity index (χ4n) is 1.08. The monoisotopic (exact) mass is 210 g/mol. The Bertz CT molecular complexity index is 366. The highest BCUT2D eigenvalue weighted by atomic mass is 19.1. The van der Waals surface area contributed by atoms with Crippen molar-refractivity contribution in [1.29, 1.82) is 0 Å². The lowest BCUT2D eigenvalue weighted by Crippen LogP contribution is -2.31. The van der Waals surface area contributed by atoms with Gasteiger partial charge in [-0.1, -0.05) is 6.07 Å². The predicted octanol–water partition coefficient (Wildman–Crippen LogP) is 2.62. The maximum absolute atomic E-state index is 12.9. The minimum absolute atomic E-state index is 0.230. The molecule has 0 saturated heterocycles. The fraction of sp³-hybridized carbons (Fsp3) is 0.364. The average Bonchev–Trinajstić information content (AvgIpc) is 2.22. The number of amides is 2. The van der Waals surface area contributed by atoms with E-state index in [4.69, 9.17) is 0 Å². The summed E-state index contributed by atoms with van der Waals surface area (Å²) in [5, 5.41) is 2.65. The first-order valence-corrected chi connectivity index (χ1v) is 4.83. The quantitative estimate of drug-likeness (QED) is 0.799. The molecule has 0 aliphatic carbocycles. The maximum atomic E-state index is 12.9. The number of rotatable bonds is 2. The lowest BCUT2D eigenvalue weighted by molar-refractivity contribution is 0.224. The van der Waals surface area contributed by atoms with Crippen LogP contribution in [0.2, 0.25) is 0 Å². The van der Waals surface area contributed by atoms with Gasteiger partial charge < -0.3 is 10.2 Å². The van der Waals surface area contributed by atoms with Gasteiger partial charge in [-0.25, -0.2) is 9.18 Å². The molecule has 0 heterocycles. The number of anilines is 1. The number of hydrogen-bond acceptors (Lipinski definition) is 1. The van der Waals surface area contributed by atoms with E-state index in [1.54, 1.807) is 13.1 Å². The summed E-state index contributed by atoms with van der Waals surface area (Å²) in [7, 11) is 1.68. The first kappa shape index (κ1) is 11.5. The summed E-state index contributed by atoms with van der Waals surface area (Å²) in [4.78, 5) is 13.0. The van der Waals surface area contributed by atoms with Crippen LogP contribution in [-0.4, -0.2) is 24.5 Å². The Labute approximate surface area is 88.9 Å². The zero-order valence-electron chi connectivity index (χ0n) is 9.17. The Morgan fingerprint density at radius 1 is 1.53 bits per heavy atom. The van der Waals surface area contributed by atoms with Crippen LogP contribution in [0, 0.1) is 12.7 Å². The topological polar surface area (TPSA) is 32.3 Å². The summed E-state index contributed by atoms with van der Waals surface area (Å²) in [5.41, 5.74) is 1.36. The lowest BCUT2D eigenvalue weighted by Gasteiger charge is -2.16. The van der Waals surface area contributed by atoms with Gasteiger partial charge in [0.15, 0.2) is 0 Å². The highest BCUT2D eigenvalue weighted by Gasteiger charge is 2.08. The number of hydrogen-bond donors (Lipinski definition) is 1. The third-order valence-electron chi connectivity index (χ3n) is 2.26. The molecule has 0 spiro atoms. The van der Waals surface area contributed by atoms with E-state index in [2.05, 4.69) is 5.32 Å². The molecule has 0 unspecified atom stereocenters. The zero-order chi connectivity index (χ0) is 11.4. The molecule has 0 radical (unpaired) electrons. The summed E-state index contributed by atoms with van der Waals surface area (Å²) in [6, 6.07) is 4.09. The SMILES string of the molecule is CCN(C)C(=O)Nc1cc(F)ccc1C. The molecule has 0 saturated carbocycles. The first-order valence-electron chi connectivity index (χ1n) is 4.83. The van der Waals surface area contributed by atoms with E-state index in [9.17, 15) is 9.18 Å². The second-order valence-electron chi connectivity index (χ2n) is 3.40. The van der Waals surface area contributed by atoms with Crippen molar-refractivity contribution in [3.05, 3.63) is 29.6 Å². The van der Waals surface area contributed by atoms with E-state index in [-0.39, 0.29) is 11.8 Å². The summed E-state index contributed by atoms with van der Waals surface area (Å²) in [5.74, 6) is -0.352. The molecule has 0 atom stereocenters. The van der Waals surface area contributed by atoms with Crippen LogP contribution in [0.25, 0.3) is 0 Å². The average molecular weight is 210 g/mol. The van der Waals surface area contributed by atoms with Crippen molar-refractivity contribution in [2.24, 2.45) is 0 Å². The molecule has 1 N–H and O–H groups in total. The normalized spacial score (nSPS) is 9.87. The van der Waals surface area contributed by atoms with E-state index >= 15 is 0 Å².